The third-order valence-corrected chi connectivity index (χ3v) is 4.70. The minimum Gasteiger partial charge on any atom is -0.487 e. The number of aromatic nitrogens is 1. The average molecular weight is 348 g/mol. The van der Waals surface area contributed by atoms with Crippen molar-refractivity contribution in [3.8, 4) is 5.75 Å². The van der Waals surface area contributed by atoms with Crippen LogP contribution in [0.1, 0.15) is 24.8 Å². The van der Waals surface area contributed by atoms with Crippen LogP contribution in [-0.4, -0.2) is 24.2 Å². The molecule has 3 aromatic rings. The van der Waals surface area contributed by atoms with E-state index >= 15 is 0 Å². The number of para-hydroxylation sites is 1. The van der Waals surface area contributed by atoms with Gasteiger partial charge in [-0.25, -0.2) is 0 Å². The molecule has 1 atom stereocenters. The van der Waals surface area contributed by atoms with Crippen LogP contribution in [0, 0.1) is 0 Å². The van der Waals surface area contributed by atoms with E-state index in [1.54, 1.807) is 0 Å². The summed E-state index contributed by atoms with van der Waals surface area (Å²) in [6.07, 6.45) is -1.63. The molecule has 0 unspecified atom stereocenters. The van der Waals surface area contributed by atoms with Gasteiger partial charge in [-0.1, -0.05) is 18.2 Å². The Bertz CT molecular complexity index is 893. The smallest absolute Gasteiger partial charge is 0.416 e. The van der Waals surface area contributed by atoms with E-state index in [-0.39, 0.29) is 11.9 Å². The van der Waals surface area contributed by atoms with Crippen molar-refractivity contribution >= 4 is 21.8 Å². The molecule has 132 valence electrons. The lowest BCUT2D eigenvalue weighted by atomic mass is 10.1. The molecule has 1 aromatic heterocycles. The Balaban J connectivity index is 1.85. The quantitative estimate of drug-likeness (QED) is 0.694. The second kappa shape index (κ2) is 6.26. The van der Waals surface area contributed by atoms with Gasteiger partial charge in [0.25, 0.3) is 0 Å². The van der Waals surface area contributed by atoms with Crippen LogP contribution in [-0.2, 0) is 6.18 Å². The molecule has 2 N–H and O–H groups in total. The number of nitrogens with one attached hydrogen (secondary N) is 2. The number of fused-ring (bicyclic) bond motifs is 3. The van der Waals surface area contributed by atoms with Crippen LogP contribution in [0.25, 0.3) is 21.8 Å². The summed E-state index contributed by atoms with van der Waals surface area (Å²) in [5.74, 6) is 0.273. The average Bonchev–Trinajstić information content (AvgIpc) is 2.76. The van der Waals surface area contributed by atoms with Crippen molar-refractivity contribution in [1.82, 2.24) is 10.3 Å². The van der Waals surface area contributed by atoms with Crippen LogP contribution in [0.3, 0.4) is 0 Å². The lowest BCUT2D eigenvalue weighted by Crippen LogP contribution is -2.29. The first-order valence-corrected chi connectivity index (χ1v) is 8.51. The molecule has 0 spiro atoms. The molecule has 25 heavy (non-hydrogen) atoms. The normalized spacial score (nSPS) is 19.2. The van der Waals surface area contributed by atoms with Crippen molar-refractivity contribution < 1.29 is 17.9 Å². The SMILES string of the molecule is FC(F)(F)c1cc(O[C@@H]2CCCCNC2)c2[nH]c3ccccc3c2c1. The zero-order chi connectivity index (χ0) is 17.4. The monoisotopic (exact) mass is 348 g/mol. The third kappa shape index (κ3) is 3.18. The van der Waals surface area contributed by atoms with E-state index in [0.29, 0.717) is 17.4 Å². The molecular weight excluding hydrogens is 329 g/mol. The van der Waals surface area contributed by atoms with E-state index in [1.807, 2.05) is 24.3 Å². The fourth-order valence-electron chi connectivity index (χ4n) is 3.44. The van der Waals surface area contributed by atoms with E-state index < -0.39 is 11.7 Å². The zero-order valence-corrected chi connectivity index (χ0v) is 13.6. The molecule has 6 heteroatoms. The summed E-state index contributed by atoms with van der Waals surface area (Å²) < 4.78 is 46.1. The van der Waals surface area contributed by atoms with Gasteiger partial charge in [0.15, 0.2) is 0 Å². The molecule has 0 aliphatic carbocycles. The number of halogens is 3. The Hall–Kier alpha value is -2.21. The van der Waals surface area contributed by atoms with E-state index in [4.69, 9.17) is 4.74 Å². The van der Waals surface area contributed by atoms with Crippen molar-refractivity contribution in [1.29, 1.82) is 0 Å². The molecule has 0 radical (unpaired) electrons. The molecule has 1 aliphatic rings. The summed E-state index contributed by atoms with van der Waals surface area (Å²) in [5.41, 5.74) is 0.750. The standard InChI is InChI=1S/C19H19F3N2O/c20-19(21,22)12-9-15-14-6-1-2-7-16(14)24-18(15)17(10-12)25-13-5-3-4-8-23-11-13/h1-2,6-7,9-10,13,23-24H,3-5,8,11H2/t13-/m1/s1. The van der Waals surface area contributed by atoms with E-state index in [1.165, 1.54) is 6.07 Å². The molecule has 2 heterocycles. The van der Waals surface area contributed by atoms with Gasteiger partial charge in [-0.05, 0) is 44.0 Å². The molecular formula is C19H19F3N2O. The van der Waals surface area contributed by atoms with Crippen molar-refractivity contribution in [2.75, 3.05) is 13.1 Å². The van der Waals surface area contributed by atoms with Crippen LogP contribution in [0.4, 0.5) is 13.2 Å². The maximum Gasteiger partial charge on any atom is 0.416 e. The Morgan fingerprint density at radius 2 is 1.88 bits per heavy atom. The summed E-state index contributed by atoms with van der Waals surface area (Å²) in [7, 11) is 0. The molecule has 2 aromatic carbocycles. The number of aromatic amines is 1. The first-order valence-electron chi connectivity index (χ1n) is 8.51. The van der Waals surface area contributed by atoms with Crippen LogP contribution in [0.5, 0.6) is 5.75 Å². The van der Waals surface area contributed by atoms with Crippen molar-refractivity contribution in [2.45, 2.75) is 31.5 Å². The predicted molar refractivity (Wildman–Crippen MR) is 91.9 cm³/mol. The predicted octanol–water partition coefficient (Wildman–Crippen LogP) is 4.86. The van der Waals surface area contributed by atoms with Crippen molar-refractivity contribution in [3.05, 3.63) is 42.0 Å². The number of ether oxygens (including phenoxy) is 1. The molecule has 3 nitrogen and oxygen atoms in total. The second-order valence-electron chi connectivity index (χ2n) is 6.51. The first-order chi connectivity index (χ1) is 12.0. The summed E-state index contributed by atoms with van der Waals surface area (Å²) in [6, 6.07) is 9.68. The lowest BCUT2D eigenvalue weighted by molar-refractivity contribution is -0.137. The highest BCUT2D eigenvalue weighted by atomic mass is 19.4. The molecule has 1 saturated heterocycles. The van der Waals surface area contributed by atoms with E-state index in [9.17, 15) is 13.2 Å². The molecule has 0 amide bonds. The Labute approximate surface area is 143 Å². The maximum absolute atomic E-state index is 13.4. The number of H-pyrrole nitrogens is 1. The Morgan fingerprint density at radius 3 is 2.72 bits per heavy atom. The van der Waals surface area contributed by atoms with E-state index in [2.05, 4.69) is 10.3 Å². The number of benzene rings is 2. The third-order valence-electron chi connectivity index (χ3n) is 4.70. The summed E-state index contributed by atoms with van der Waals surface area (Å²) in [4.78, 5) is 3.22. The zero-order valence-electron chi connectivity index (χ0n) is 13.6. The highest BCUT2D eigenvalue weighted by Crippen LogP contribution is 2.39. The Kier molecular flexibility index (Phi) is 4.07. The number of hydrogen-bond donors (Lipinski definition) is 2. The highest BCUT2D eigenvalue weighted by molar-refractivity contribution is 6.09. The first kappa shape index (κ1) is 16.3. The molecule has 1 fully saturated rings. The van der Waals surface area contributed by atoms with Crippen molar-refractivity contribution in [2.24, 2.45) is 0 Å². The maximum atomic E-state index is 13.4. The fourth-order valence-corrected chi connectivity index (χ4v) is 3.44. The lowest BCUT2D eigenvalue weighted by Gasteiger charge is -2.19. The summed E-state index contributed by atoms with van der Waals surface area (Å²) in [6.45, 7) is 1.57. The number of hydrogen-bond acceptors (Lipinski definition) is 2. The van der Waals surface area contributed by atoms with Crippen LogP contribution < -0.4 is 10.1 Å². The number of alkyl halides is 3. The largest absolute Gasteiger partial charge is 0.487 e. The summed E-state index contributed by atoms with van der Waals surface area (Å²) >= 11 is 0. The van der Waals surface area contributed by atoms with Gasteiger partial charge < -0.3 is 15.0 Å². The van der Waals surface area contributed by atoms with Gasteiger partial charge in [0.2, 0.25) is 0 Å². The molecule has 0 bridgehead atoms. The van der Waals surface area contributed by atoms with Gasteiger partial charge >= 0.3 is 6.18 Å². The van der Waals surface area contributed by atoms with Gasteiger partial charge in [0.05, 0.1) is 11.1 Å². The molecule has 4 rings (SSSR count). The van der Waals surface area contributed by atoms with Gasteiger partial charge in [0, 0.05) is 22.8 Å². The minimum atomic E-state index is -4.41. The van der Waals surface area contributed by atoms with E-state index in [0.717, 1.165) is 42.8 Å². The second-order valence-corrected chi connectivity index (χ2v) is 6.51. The van der Waals surface area contributed by atoms with Gasteiger partial charge in [-0.2, -0.15) is 13.2 Å². The van der Waals surface area contributed by atoms with Crippen LogP contribution in [0.15, 0.2) is 36.4 Å². The van der Waals surface area contributed by atoms with Gasteiger partial charge in [-0.15, -0.1) is 0 Å². The van der Waals surface area contributed by atoms with Gasteiger partial charge in [0.1, 0.15) is 11.9 Å². The fraction of sp³-hybridized carbons (Fsp3) is 0.368. The summed E-state index contributed by atoms with van der Waals surface area (Å²) in [5, 5.41) is 4.59. The topological polar surface area (TPSA) is 37.0 Å². The van der Waals surface area contributed by atoms with Crippen LogP contribution in [0.2, 0.25) is 0 Å². The number of rotatable bonds is 2. The Morgan fingerprint density at radius 1 is 1.04 bits per heavy atom. The molecule has 0 saturated carbocycles. The van der Waals surface area contributed by atoms with Gasteiger partial charge in [-0.3, -0.25) is 0 Å². The highest BCUT2D eigenvalue weighted by Gasteiger charge is 2.32. The minimum absolute atomic E-state index is 0.124. The van der Waals surface area contributed by atoms with Crippen LogP contribution >= 0.6 is 0 Å². The molecule has 1 aliphatic heterocycles. The van der Waals surface area contributed by atoms with Crippen molar-refractivity contribution in [3.63, 3.8) is 0 Å².